The fraction of sp³-hybridized carbons (Fsp3) is 0.172. The molecule has 0 saturated carbocycles. The SMILES string of the molecule is C=c1cccc/c1=C(/c1ccccc1C)N(F)c1cc2ccccc2c(CN)c1CCC. The number of halogens is 1. The minimum Gasteiger partial charge on any atom is -0.326 e. The highest BCUT2D eigenvalue weighted by molar-refractivity contribution is 5.93. The molecule has 0 aliphatic carbocycles. The van der Waals surface area contributed by atoms with Crippen LogP contribution in [0.5, 0.6) is 0 Å². The molecule has 0 aliphatic heterocycles. The van der Waals surface area contributed by atoms with Gasteiger partial charge in [0.05, 0.1) is 11.4 Å². The number of rotatable bonds is 6. The number of benzene rings is 4. The molecule has 0 amide bonds. The van der Waals surface area contributed by atoms with Crippen molar-refractivity contribution in [3.05, 3.63) is 112 Å². The molecule has 0 aromatic heterocycles. The van der Waals surface area contributed by atoms with E-state index in [4.69, 9.17) is 5.73 Å². The first kappa shape index (κ1) is 21.8. The molecule has 4 rings (SSSR count). The third kappa shape index (κ3) is 3.92. The number of hydrogen-bond donors (Lipinski definition) is 1. The van der Waals surface area contributed by atoms with Gasteiger partial charge in [-0.15, -0.1) is 0 Å². The Hall–Kier alpha value is -3.43. The lowest BCUT2D eigenvalue weighted by Crippen LogP contribution is -2.32. The highest BCUT2D eigenvalue weighted by atomic mass is 19.2. The predicted molar refractivity (Wildman–Crippen MR) is 134 cm³/mol. The molecule has 0 spiro atoms. The average Bonchev–Trinajstić information content (AvgIpc) is 2.81. The van der Waals surface area contributed by atoms with Gasteiger partial charge in [-0.05, 0) is 52.1 Å². The topological polar surface area (TPSA) is 29.3 Å². The molecule has 32 heavy (non-hydrogen) atoms. The summed E-state index contributed by atoms with van der Waals surface area (Å²) >= 11 is 0. The largest absolute Gasteiger partial charge is 0.326 e. The van der Waals surface area contributed by atoms with E-state index in [-0.39, 0.29) is 0 Å². The second kappa shape index (κ2) is 9.37. The number of nitrogens with zero attached hydrogens (tertiary/aromatic N) is 1. The van der Waals surface area contributed by atoms with Crippen LogP contribution in [0.2, 0.25) is 0 Å². The molecule has 0 heterocycles. The summed E-state index contributed by atoms with van der Waals surface area (Å²) in [5, 5.41) is 4.48. The average molecular weight is 425 g/mol. The Morgan fingerprint density at radius 1 is 0.938 bits per heavy atom. The van der Waals surface area contributed by atoms with Gasteiger partial charge in [-0.2, -0.15) is 5.12 Å². The Bertz CT molecular complexity index is 1370. The first-order valence-electron chi connectivity index (χ1n) is 11.1. The van der Waals surface area contributed by atoms with Crippen LogP contribution in [0.15, 0.2) is 78.9 Å². The van der Waals surface area contributed by atoms with Gasteiger partial charge in [-0.1, -0.05) is 97.2 Å². The third-order valence-corrected chi connectivity index (χ3v) is 6.04. The fourth-order valence-corrected chi connectivity index (χ4v) is 4.45. The molecule has 4 aromatic carbocycles. The van der Waals surface area contributed by atoms with E-state index in [1.54, 1.807) is 0 Å². The van der Waals surface area contributed by atoms with Crippen molar-refractivity contribution in [2.75, 3.05) is 5.12 Å². The van der Waals surface area contributed by atoms with E-state index in [2.05, 4.69) is 19.6 Å². The molecule has 3 heteroatoms. The molecule has 0 radical (unpaired) electrons. The standard InChI is InChI=1S/C29H29FN2/c1-4-11-26-27(19-31)25-17-10-7-14-22(25)18-28(26)32(30)29(23-15-8-5-12-20(23)2)24-16-9-6-13-21(24)3/h5-10,12-18H,2,4,11,19,31H2,1,3H3/b29-23+. The van der Waals surface area contributed by atoms with Crippen molar-refractivity contribution in [3.63, 3.8) is 0 Å². The minimum atomic E-state index is 0.364. The Balaban J connectivity index is 2.09. The quantitative estimate of drug-likeness (QED) is 0.413. The summed E-state index contributed by atoms with van der Waals surface area (Å²) in [5.41, 5.74) is 11.1. The maximum Gasteiger partial charge on any atom is 0.0900 e. The van der Waals surface area contributed by atoms with E-state index < -0.39 is 0 Å². The van der Waals surface area contributed by atoms with Gasteiger partial charge in [0.1, 0.15) is 0 Å². The summed E-state index contributed by atoms with van der Waals surface area (Å²) < 4.78 is 16.7. The van der Waals surface area contributed by atoms with Crippen molar-refractivity contribution in [2.24, 2.45) is 5.73 Å². The molecule has 0 saturated heterocycles. The van der Waals surface area contributed by atoms with E-state index in [0.29, 0.717) is 17.9 Å². The molecule has 4 aromatic rings. The van der Waals surface area contributed by atoms with Crippen molar-refractivity contribution in [1.82, 2.24) is 0 Å². The zero-order valence-electron chi connectivity index (χ0n) is 18.7. The van der Waals surface area contributed by atoms with Crippen LogP contribution >= 0.6 is 0 Å². The van der Waals surface area contributed by atoms with Crippen LogP contribution in [0.3, 0.4) is 0 Å². The summed E-state index contributed by atoms with van der Waals surface area (Å²) in [6.07, 6.45) is 1.65. The van der Waals surface area contributed by atoms with Gasteiger partial charge in [0.2, 0.25) is 0 Å². The lowest BCUT2D eigenvalue weighted by Gasteiger charge is -2.25. The Kier molecular flexibility index (Phi) is 6.38. The fourth-order valence-electron chi connectivity index (χ4n) is 4.45. The second-order valence-electron chi connectivity index (χ2n) is 8.13. The van der Waals surface area contributed by atoms with E-state index in [0.717, 1.165) is 61.4 Å². The van der Waals surface area contributed by atoms with E-state index in [9.17, 15) is 0 Å². The lowest BCUT2D eigenvalue weighted by molar-refractivity contribution is 0.506. The molecular weight excluding hydrogens is 395 g/mol. The van der Waals surface area contributed by atoms with Gasteiger partial charge in [0.15, 0.2) is 0 Å². The molecular formula is C29H29FN2. The smallest absolute Gasteiger partial charge is 0.0900 e. The Labute approximate surface area is 189 Å². The van der Waals surface area contributed by atoms with Gasteiger partial charge in [-0.3, -0.25) is 0 Å². The summed E-state index contributed by atoms with van der Waals surface area (Å²) in [6.45, 7) is 8.66. The van der Waals surface area contributed by atoms with Crippen LogP contribution in [0.1, 0.15) is 35.6 Å². The van der Waals surface area contributed by atoms with Crippen LogP contribution in [-0.2, 0) is 13.0 Å². The predicted octanol–water partition coefficient (Wildman–Crippen LogP) is 5.52. The highest BCUT2D eigenvalue weighted by Gasteiger charge is 2.22. The highest BCUT2D eigenvalue weighted by Crippen LogP contribution is 2.36. The zero-order valence-corrected chi connectivity index (χ0v) is 18.7. The van der Waals surface area contributed by atoms with E-state index in [1.807, 2.05) is 79.7 Å². The molecule has 0 fully saturated rings. The first-order valence-corrected chi connectivity index (χ1v) is 11.1. The molecule has 2 nitrogen and oxygen atoms in total. The molecule has 2 N–H and O–H groups in total. The van der Waals surface area contributed by atoms with Crippen LogP contribution in [-0.4, -0.2) is 0 Å². The minimum absolute atomic E-state index is 0.364. The number of nitrogens with two attached hydrogens (primary N) is 1. The molecule has 0 unspecified atom stereocenters. The summed E-state index contributed by atoms with van der Waals surface area (Å²) in [4.78, 5) is 0. The van der Waals surface area contributed by atoms with Crippen molar-refractivity contribution >= 4 is 28.7 Å². The maximum absolute atomic E-state index is 16.7. The van der Waals surface area contributed by atoms with E-state index in [1.165, 1.54) is 0 Å². The number of aryl methyl sites for hydroxylation is 1. The monoisotopic (exact) mass is 424 g/mol. The number of anilines is 1. The third-order valence-electron chi connectivity index (χ3n) is 6.04. The first-order chi connectivity index (χ1) is 15.6. The number of hydrogen-bond acceptors (Lipinski definition) is 2. The van der Waals surface area contributed by atoms with Crippen LogP contribution in [0.4, 0.5) is 10.2 Å². The van der Waals surface area contributed by atoms with E-state index >= 15 is 4.48 Å². The zero-order chi connectivity index (χ0) is 22.7. The summed E-state index contributed by atoms with van der Waals surface area (Å²) in [6, 6.07) is 25.6. The van der Waals surface area contributed by atoms with Gasteiger partial charge in [0, 0.05) is 17.3 Å². The van der Waals surface area contributed by atoms with Gasteiger partial charge < -0.3 is 5.73 Å². The summed E-state index contributed by atoms with van der Waals surface area (Å²) in [7, 11) is 0. The molecule has 0 aliphatic rings. The van der Waals surface area contributed by atoms with Crippen molar-refractivity contribution in [1.29, 1.82) is 0 Å². The Morgan fingerprint density at radius 2 is 1.62 bits per heavy atom. The van der Waals surface area contributed by atoms with Crippen molar-refractivity contribution in [2.45, 2.75) is 33.2 Å². The van der Waals surface area contributed by atoms with Crippen LogP contribution in [0.25, 0.3) is 23.0 Å². The van der Waals surface area contributed by atoms with Gasteiger partial charge in [0.25, 0.3) is 0 Å². The lowest BCUT2D eigenvalue weighted by atomic mass is 9.93. The molecule has 0 atom stereocenters. The van der Waals surface area contributed by atoms with Crippen molar-refractivity contribution in [3.8, 4) is 0 Å². The summed E-state index contributed by atoms with van der Waals surface area (Å²) in [5.74, 6) is 0. The van der Waals surface area contributed by atoms with Crippen LogP contribution in [0, 0.1) is 6.92 Å². The van der Waals surface area contributed by atoms with Gasteiger partial charge >= 0.3 is 0 Å². The van der Waals surface area contributed by atoms with Gasteiger partial charge in [-0.25, -0.2) is 0 Å². The maximum atomic E-state index is 16.7. The Morgan fingerprint density at radius 3 is 2.34 bits per heavy atom. The molecule has 162 valence electrons. The van der Waals surface area contributed by atoms with Crippen LogP contribution < -0.4 is 21.3 Å². The van der Waals surface area contributed by atoms with Crippen molar-refractivity contribution < 1.29 is 4.48 Å². The molecule has 0 bridgehead atoms. The normalized spacial score (nSPS) is 12.1. The number of fused-ring (bicyclic) bond motifs is 1. The second-order valence-corrected chi connectivity index (χ2v) is 8.13.